The van der Waals surface area contributed by atoms with Crippen LogP contribution < -0.4 is 14.8 Å². The molecule has 1 aromatic heterocycles. The maximum atomic E-state index is 5.40. The van der Waals surface area contributed by atoms with E-state index in [2.05, 4.69) is 19.2 Å². The fourth-order valence-corrected chi connectivity index (χ4v) is 2.36. The van der Waals surface area contributed by atoms with E-state index in [1.165, 1.54) is 0 Å². The van der Waals surface area contributed by atoms with Gasteiger partial charge in [-0.2, -0.15) is 0 Å². The van der Waals surface area contributed by atoms with Crippen LogP contribution in [0, 0.1) is 6.92 Å². The van der Waals surface area contributed by atoms with E-state index in [9.17, 15) is 0 Å². The van der Waals surface area contributed by atoms with Gasteiger partial charge >= 0.3 is 0 Å². The summed E-state index contributed by atoms with van der Waals surface area (Å²) in [5, 5.41) is 3.47. The Morgan fingerprint density at radius 3 is 2.45 bits per heavy atom. The first-order chi connectivity index (χ1) is 9.71. The Kier molecular flexibility index (Phi) is 4.69. The molecule has 1 unspecified atom stereocenters. The SMILES string of the molecule is CCNC(c1ccoc1)c1cc(OC)c(OC)cc1C. The second-order valence-electron chi connectivity index (χ2n) is 4.61. The third-order valence-electron chi connectivity index (χ3n) is 3.37. The van der Waals surface area contributed by atoms with E-state index in [4.69, 9.17) is 13.9 Å². The number of hydrogen-bond acceptors (Lipinski definition) is 4. The highest BCUT2D eigenvalue weighted by molar-refractivity contribution is 5.49. The van der Waals surface area contributed by atoms with Gasteiger partial charge < -0.3 is 19.2 Å². The van der Waals surface area contributed by atoms with Crippen LogP contribution in [0.4, 0.5) is 0 Å². The van der Waals surface area contributed by atoms with E-state index < -0.39 is 0 Å². The summed E-state index contributed by atoms with van der Waals surface area (Å²) in [5.41, 5.74) is 3.41. The van der Waals surface area contributed by atoms with Crippen LogP contribution in [-0.2, 0) is 0 Å². The van der Waals surface area contributed by atoms with E-state index >= 15 is 0 Å². The molecule has 0 aliphatic rings. The van der Waals surface area contributed by atoms with E-state index in [0.29, 0.717) is 0 Å². The zero-order valence-corrected chi connectivity index (χ0v) is 12.4. The van der Waals surface area contributed by atoms with Gasteiger partial charge in [0.05, 0.1) is 32.8 Å². The van der Waals surface area contributed by atoms with E-state index in [1.807, 2.05) is 18.2 Å². The van der Waals surface area contributed by atoms with Gasteiger partial charge in [-0.15, -0.1) is 0 Å². The Balaban J connectivity index is 2.48. The number of ether oxygens (including phenoxy) is 2. The van der Waals surface area contributed by atoms with Crippen molar-refractivity contribution in [2.75, 3.05) is 20.8 Å². The minimum atomic E-state index is 0.0820. The topological polar surface area (TPSA) is 43.6 Å². The molecule has 1 atom stereocenters. The molecule has 1 N–H and O–H groups in total. The van der Waals surface area contributed by atoms with Crippen molar-refractivity contribution >= 4 is 0 Å². The van der Waals surface area contributed by atoms with Crippen LogP contribution in [0.25, 0.3) is 0 Å². The van der Waals surface area contributed by atoms with Crippen LogP contribution in [0.15, 0.2) is 35.1 Å². The smallest absolute Gasteiger partial charge is 0.161 e. The molecule has 0 saturated carbocycles. The lowest BCUT2D eigenvalue weighted by Crippen LogP contribution is -2.22. The van der Waals surface area contributed by atoms with Crippen molar-refractivity contribution in [3.63, 3.8) is 0 Å². The van der Waals surface area contributed by atoms with Gasteiger partial charge in [0.25, 0.3) is 0 Å². The molecular weight excluding hydrogens is 254 g/mol. The molecule has 20 heavy (non-hydrogen) atoms. The lowest BCUT2D eigenvalue weighted by atomic mass is 9.96. The minimum Gasteiger partial charge on any atom is -0.493 e. The first kappa shape index (κ1) is 14.5. The number of nitrogens with one attached hydrogen (secondary N) is 1. The van der Waals surface area contributed by atoms with Crippen LogP contribution in [0.5, 0.6) is 11.5 Å². The van der Waals surface area contributed by atoms with Crippen LogP contribution in [-0.4, -0.2) is 20.8 Å². The second-order valence-corrected chi connectivity index (χ2v) is 4.61. The lowest BCUT2D eigenvalue weighted by molar-refractivity contribution is 0.353. The van der Waals surface area contributed by atoms with Gasteiger partial charge in [-0.1, -0.05) is 6.92 Å². The van der Waals surface area contributed by atoms with Gasteiger partial charge in [0.2, 0.25) is 0 Å². The van der Waals surface area contributed by atoms with Gasteiger partial charge in [-0.3, -0.25) is 0 Å². The number of rotatable bonds is 6. The Morgan fingerprint density at radius 2 is 1.90 bits per heavy atom. The van der Waals surface area contributed by atoms with Crippen molar-refractivity contribution in [2.24, 2.45) is 0 Å². The molecule has 1 aromatic carbocycles. The fourth-order valence-electron chi connectivity index (χ4n) is 2.36. The van der Waals surface area contributed by atoms with Crippen molar-refractivity contribution in [3.05, 3.63) is 47.4 Å². The molecule has 0 radical (unpaired) electrons. The van der Waals surface area contributed by atoms with E-state index in [1.54, 1.807) is 26.7 Å². The summed E-state index contributed by atoms with van der Waals surface area (Å²) in [6.07, 6.45) is 3.46. The van der Waals surface area contributed by atoms with Gasteiger partial charge in [0.15, 0.2) is 11.5 Å². The Hall–Kier alpha value is -1.94. The van der Waals surface area contributed by atoms with Gasteiger partial charge in [0, 0.05) is 5.56 Å². The molecule has 2 aromatic rings. The first-order valence-electron chi connectivity index (χ1n) is 6.69. The third-order valence-corrected chi connectivity index (χ3v) is 3.37. The predicted molar refractivity (Wildman–Crippen MR) is 78.5 cm³/mol. The average Bonchev–Trinajstić information content (AvgIpc) is 2.98. The normalized spacial score (nSPS) is 12.2. The van der Waals surface area contributed by atoms with Crippen LogP contribution in [0.3, 0.4) is 0 Å². The molecule has 4 heteroatoms. The van der Waals surface area contributed by atoms with Crippen molar-refractivity contribution in [2.45, 2.75) is 19.9 Å². The van der Waals surface area contributed by atoms with Gasteiger partial charge in [-0.05, 0) is 42.8 Å². The van der Waals surface area contributed by atoms with Crippen molar-refractivity contribution in [3.8, 4) is 11.5 Å². The highest BCUT2D eigenvalue weighted by atomic mass is 16.5. The summed E-state index contributed by atoms with van der Waals surface area (Å²) in [6, 6.07) is 6.08. The number of methoxy groups -OCH3 is 2. The number of aryl methyl sites for hydroxylation is 1. The maximum absolute atomic E-state index is 5.40. The summed E-state index contributed by atoms with van der Waals surface area (Å²) in [7, 11) is 3.30. The predicted octanol–water partition coefficient (Wildman–Crippen LogP) is 3.30. The molecule has 1 heterocycles. The van der Waals surface area contributed by atoms with E-state index in [0.717, 1.165) is 34.7 Å². The first-order valence-corrected chi connectivity index (χ1v) is 6.69. The molecule has 0 fully saturated rings. The molecule has 4 nitrogen and oxygen atoms in total. The zero-order valence-electron chi connectivity index (χ0n) is 12.4. The fraction of sp³-hybridized carbons (Fsp3) is 0.375. The average molecular weight is 275 g/mol. The zero-order chi connectivity index (χ0) is 14.5. The van der Waals surface area contributed by atoms with Crippen molar-refractivity contribution in [1.82, 2.24) is 5.32 Å². The highest BCUT2D eigenvalue weighted by Gasteiger charge is 2.19. The Bertz CT molecular complexity index is 549. The second kappa shape index (κ2) is 6.48. The van der Waals surface area contributed by atoms with E-state index in [-0.39, 0.29) is 6.04 Å². The maximum Gasteiger partial charge on any atom is 0.161 e. The van der Waals surface area contributed by atoms with Crippen LogP contribution in [0.1, 0.15) is 29.7 Å². The summed E-state index contributed by atoms with van der Waals surface area (Å²) < 4.78 is 15.9. The number of benzene rings is 1. The quantitative estimate of drug-likeness (QED) is 0.878. The molecular formula is C16H21NO3. The summed E-state index contributed by atoms with van der Waals surface area (Å²) in [6.45, 7) is 5.02. The number of furan rings is 1. The molecule has 2 rings (SSSR count). The molecule has 108 valence electrons. The summed E-state index contributed by atoms with van der Waals surface area (Å²) in [5.74, 6) is 1.48. The van der Waals surface area contributed by atoms with Gasteiger partial charge in [-0.25, -0.2) is 0 Å². The summed E-state index contributed by atoms with van der Waals surface area (Å²) in [4.78, 5) is 0. The van der Waals surface area contributed by atoms with Crippen LogP contribution in [0.2, 0.25) is 0 Å². The van der Waals surface area contributed by atoms with Gasteiger partial charge in [0.1, 0.15) is 0 Å². The minimum absolute atomic E-state index is 0.0820. The largest absolute Gasteiger partial charge is 0.493 e. The number of hydrogen-bond donors (Lipinski definition) is 1. The van der Waals surface area contributed by atoms with Crippen molar-refractivity contribution < 1.29 is 13.9 Å². The molecule has 0 amide bonds. The Labute approximate surface area is 119 Å². The van der Waals surface area contributed by atoms with Crippen LogP contribution >= 0.6 is 0 Å². The summed E-state index contributed by atoms with van der Waals surface area (Å²) >= 11 is 0. The van der Waals surface area contributed by atoms with Crippen molar-refractivity contribution in [1.29, 1.82) is 0 Å². The molecule has 0 aliphatic heterocycles. The molecule has 0 saturated heterocycles. The highest BCUT2D eigenvalue weighted by Crippen LogP contribution is 2.35. The molecule has 0 spiro atoms. The monoisotopic (exact) mass is 275 g/mol. The lowest BCUT2D eigenvalue weighted by Gasteiger charge is -2.21. The third kappa shape index (κ3) is 2.80. The molecule has 0 bridgehead atoms. The standard InChI is InChI=1S/C16H21NO3/c1-5-17-16(12-6-7-20-10-12)13-9-15(19-4)14(18-3)8-11(13)2/h6-10,16-17H,5H2,1-4H3. The Morgan fingerprint density at radius 1 is 1.20 bits per heavy atom. The molecule has 0 aliphatic carbocycles.